The van der Waals surface area contributed by atoms with Crippen LogP contribution in [0.3, 0.4) is 0 Å². The molecule has 8 heteroatoms. The fourth-order valence-corrected chi connectivity index (χ4v) is 2.12. The highest BCUT2D eigenvalue weighted by atomic mass is 35.5. The van der Waals surface area contributed by atoms with Crippen LogP contribution in [0, 0.1) is 0 Å². The molecular formula is C13H14ClF3N2O2. The number of hydrogen-bond donors (Lipinski definition) is 2. The monoisotopic (exact) mass is 322 g/mol. The maximum absolute atomic E-state index is 12.6. The van der Waals surface area contributed by atoms with E-state index in [9.17, 15) is 18.0 Å². The molecule has 0 aromatic heterocycles. The first kappa shape index (κ1) is 16.1. The summed E-state index contributed by atoms with van der Waals surface area (Å²) in [5, 5.41) is 5.51. The minimum Gasteiger partial charge on any atom is -0.375 e. The normalized spacial score (nSPS) is 19.3. The van der Waals surface area contributed by atoms with E-state index < -0.39 is 17.6 Å². The minimum absolute atomic E-state index is 0.0547. The van der Waals surface area contributed by atoms with Crippen LogP contribution in [0.15, 0.2) is 18.2 Å². The predicted molar refractivity (Wildman–Crippen MR) is 72.3 cm³/mol. The summed E-state index contributed by atoms with van der Waals surface area (Å²) in [4.78, 5) is 11.8. The Morgan fingerprint density at radius 2 is 2.24 bits per heavy atom. The van der Waals surface area contributed by atoms with Crippen molar-refractivity contribution in [1.82, 2.24) is 5.32 Å². The largest absolute Gasteiger partial charge is 0.416 e. The van der Waals surface area contributed by atoms with Crippen molar-refractivity contribution in [2.45, 2.75) is 18.7 Å². The van der Waals surface area contributed by atoms with Crippen molar-refractivity contribution in [2.75, 3.05) is 25.0 Å². The number of amides is 1. The quantitative estimate of drug-likeness (QED) is 0.899. The Morgan fingerprint density at radius 1 is 1.48 bits per heavy atom. The summed E-state index contributed by atoms with van der Waals surface area (Å²) in [6.07, 6.45) is -4.72. The fraction of sp³-hybridized carbons (Fsp3) is 0.462. The lowest BCUT2D eigenvalue weighted by Gasteiger charge is -2.23. The van der Waals surface area contributed by atoms with Gasteiger partial charge in [0.25, 0.3) is 0 Å². The molecule has 1 aliphatic heterocycles. The van der Waals surface area contributed by atoms with Crippen LogP contribution >= 0.6 is 11.6 Å². The highest BCUT2D eigenvalue weighted by Crippen LogP contribution is 2.33. The summed E-state index contributed by atoms with van der Waals surface area (Å²) in [5.41, 5.74) is -0.918. The van der Waals surface area contributed by atoms with E-state index in [1.54, 1.807) is 0 Å². The molecule has 1 aliphatic rings. The first-order chi connectivity index (χ1) is 9.86. The predicted octanol–water partition coefficient (Wildman–Crippen LogP) is 2.68. The molecule has 1 aromatic rings. The molecule has 1 aromatic carbocycles. The summed E-state index contributed by atoms with van der Waals surface area (Å²) in [6.45, 7) is 1.75. The highest BCUT2D eigenvalue weighted by molar-refractivity contribution is 6.33. The molecule has 116 valence electrons. The van der Waals surface area contributed by atoms with Crippen molar-refractivity contribution in [2.24, 2.45) is 0 Å². The zero-order valence-corrected chi connectivity index (χ0v) is 11.7. The number of ether oxygens (including phenoxy) is 1. The third-order valence-electron chi connectivity index (χ3n) is 2.99. The van der Waals surface area contributed by atoms with Gasteiger partial charge in [0, 0.05) is 13.1 Å². The number of carbonyl (C=O) groups is 1. The van der Waals surface area contributed by atoms with E-state index in [1.165, 1.54) is 0 Å². The lowest BCUT2D eigenvalue weighted by Crippen LogP contribution is -2.40. The van der Waals surface area contributed by atoms with Crippen molar-refractivity contribution in [3.8, 4) is 0 Å². The van der Waals surface area contributed by atoms with Gasteiger partial charge in [0.1, 0.15) is 0 Å². The molecule has 0 aliphatic carbocycles. The fourth-order valence-electron chi connectivity index (χ4n) is 1.96. The van der Waals surface area contributed by atoms with Crippen LogP contribution in [-0.2, 0) is 15.7 Å². The molecule has 0 spiro atoms. The Morgan fingerprint density at radius 3 is 2.86 bits per heavy atom. The van der Waals surface area contributed by atoms with E-state index in [2.05, 4.69) is 10.6 Å². The number of rotatable bonds is 3. The van der Waals surface area contributed by atoms with Crippen molar-refractivity contribution in [3.63, 3.8) is 0 Å². The summed E-state index contributed by atoms with van der Waals surface area (Å²) >= 11 is 5.81. The molecule has 0 bridgehead atoms. The van der Waals surface area contributed by atoms with Crippen LogP contribution in [-0.4, -0.2) is 31.7 Å². The molecule has 0 saturated carbocycles. The van der Waals surface area contributed by atoms with Crippen LogP contribution in [0.5, 0.6) is 0 Å². The number of benzene rings is 1. The number of hydrogen-bond acceptors (Lipinski definition) is 3. The molecule has 1 unspecified atom stereocenters. The second-order valence-corrected chi connectivity index (χ2v) is 5.05. The van der Waals surface area contributed by atoms with Crippen molar-refractivity contribution < 1.29 is 22.7 Å². The molecule has 1 amide bonds. The minimum atomic E-state index is -4.49. The van der Waals surface area contributed by atoms with Crippen molar-refractivity contribution in [1.29, 1.82) is 0 Å². The molecule has 1 heterocycles. The number of anilines is 1. The Hall–Kier alpha value is -1.31. The molecule has 0 radical (unpaired) electrons. The van der Waals surface area contributed by atoms with Crippen LogP contribution in [0.2, 0.25) is 5.02 Å². The van der Waals surface area contributed by atoms with Crippen LogP contribution in [0.1, 0.15) is 12.0 Å². The van der Waals surface area contributed by atoms with Crippen LogP contribution in [0.4, 0.5) is 18.9 Å². The number of alkyl halides is 3. The average Bonchev–Trinajstić information content (AvgIpc) is 2.41. The van der Waals surface area contributed by atoms with E-state index in [-0.39, 0.29) is 23.2 Å². The van der Waals surface area contributed by atoms with E-state index >= 15 is 0 Å². The maximum atomic E-state index is 12.6. The standard InChI is InChI=1S/C13H14ClF3N2O2/c14-10-2-1-8(13(15,16)17)5-11(10)19-12(20)6-9-7-18-3-4-21-9/h1-2,5,9,18H,3-4,6-7H2,(H,19,20). The van der Waals surface area contributed by atoms with E-state index in [0.29, 0.717) is 13.2 Å². The molecule has 1 saturated heterocycles. The zero-order valence-electron chi connectivity index (χ0n) is 11.0. The van der Waals surface area contributed by atoms with Gasteiger partial charge in [0.05, 0.1) is 35.4 Å². The number of carbonyl (C=O) groups excluding carboxylic acids is 1. The second kappa shape index (κ2) is 6.64. The molecular weight excluding hydrogens is 309 g/mol. The van der Waals surface area contributed by atoms with Crippen molar-refractivity contribution >= 4 is 23.2 Å². The van der Waals surface area contributed by atoms with Crippen LogP contribution in [0.25, 0.3) is 0 Å². The Balaban J connectivity index is 2.02. The average molecular weight is 323 g/mol. The summed E-state index contributed by atoms with van der Waals surface area (Å²) in [6, 6.07) is 2.80. The molecule has 1 fully saturated rings. The summed E-state index contributed by atoms with van der Waals surface area (Å²) in [7, 11) is 0. The van der Waals surface area contributed by atoms with E-state index in [1.807, 2.05) is 0 Å². The van der Waals surface area contributed by atoms with Gasteiger partial charge in [-0.2, -0.15) is 13.2 Å². The number of nitrogens with one attached hydrogen (secondary N) is 2. The third-order valence-corrected chi connectivity index (χ3v) is 3.31. The Kier molecular flexibility index (Phi) is 5.08. The van der Waals surface area contributed by atoms with Crippen molar-refractivity contribution in [3.05, 3.63) is 28.8 Å². The Bertz CT molecular complexity index is 517. The first-order valence-corrected chi connectivity index (χ1v) is 6.73. The van der Waals surface area contributed by atoms with Gasteiger partial charge in [-0.25, -0.2) is 0 Å². The van der Waals surface area contributed by atoms with Gasteiger partial charge in [-0.05, 0) is 18.2 Å². The van der Waals surface area contributed by atoms with Gasteiger partial charge in [-0.15, -0.1) is 0 Å². The molecule has 4 nitrogen and oxygen atoms in total. The second-order valence-electron chi connectivity index (χ2n) is 4.64. The third kappa shape index (κ3) is 4.59. The Labute approximate surface area is 124 Å². The SMILES string of the molecule is O=C(CC1CNCCO1)Nc1cc(C(F)(F)F)ccc1Cl. The lowest BCUT2D eigenvalue weighted by molar-refractivity contribution is -0.137. The van der Waals surface area contributed by atoms with Gasteiger partial charge < -0.3 is 15.4 Å². The number of halogens is 4. The zero-order chi connectivity index (χ0) is 15.5. The van der Waals surface area contributed by atoms with E-state index in [4.69, 9.17) is 16.3 Å². The molecule has 1 atom stereocenters. The van der Waals surface area contributed by atoms with Gasteiger partial charge >= 0.3 is 6.18 Å². The summed E-state index contributed by atoms with van der Waals surface area (Å²) < 4.78 is 43.2. The van der Waals surface area contributed by atoms with Crippen LogP contribution < -0.4 is 10.6 Å². The topological polar surface area (TPSA) is 50.4 Å². The van der Waals surface area contributed by atoms with Gasteiger partial charge in [-0.3, -0.25) is 4.79 Å². The van der Waals surface area contributed by atoms with Gasteiger partial charge in [0.2, 0.25) is 5.91 Å². The van der Waals surface area contributed by atoms with E-state index in [0.717, 1.165) is 24.7 Å². The summed E-state index contributed by atoms with van der Waals surface area (Å²) in [5.74, 6) is -0.440. The first-order valence-electron chi connectivity index (χ1n) is 6.35. The van der Waals surface area contributed by atoms with Gasteiger partial charge in [0.15, 0.2) is 0 Å². The highest BCUT2D eigenvalue weighted by Gasteiger charge is 2.31. The molecule has 2 N–H and O–H groups in total. The molecule has 2 rings (SSSR count). The molecule has 21 heavy (non-hydrogen) atoms. The lowest BCUT2D eigenvalue weighted by atomic mass is 10.1. The number of morpholine rings is 1. The van der Waals surface area contributed by atoms with Gasteiger partial charge in [-0.1, -0.05) is 11.6 Å². The maximum Gasteiger partial charge on any atom is 0.416 e. The smallest absolute Gasteiger partial charge is 0.375 e.